The predicted molar refractivity (Wildman–Crippen MR) is 347 cm³/mol. The highest BCUT2D eigenvalue weighted by molar-refractivity contribution is 6.42. The van der Waals surface area contributed by atoms with Crippen molar-refractivity contribution in [3.63, 3.8) is 0 Å². The summed E-state index contributed by atoms with van der Waals surface area (Å²) >= 11 is 90.8. The third kappa shape index (κ3) is 25.3. The fourth-order valence-electron chi connectivity index (χ4n) is 6.56. The molecular weight excluding hydrogens is 1440 g/mol. The molecule has 7 aromatic heterocycles. The number of aryl methyl sites for hydroxylation is 2. The van der Waals surface area contributed by atoms with E-state index in [1.165, 1.54) is 50.2 Å². The van der Waals surface area contributed by atoms with E-state index in [0.29, 0.717) is 48.7 Å². The molecule has 0 radical (unpaired) electrons. The van der Waals surface area contributed by atoms with Gasteiger partial charge in [0.1, 0.15) is 85.3 Å². The summed E-state index contributed by atoms with van der Waals surface area (Å²) in [5.41, 5.74) is 2.28. The fraction of sp³-hybridized carbons (Fsp3) is 0.302. The molecule has 0 aliphatic rings. The van der Waals surface area contributed by atoms with Gasteiger partial charge in [0.2, 0.25) is 0 Å². The van der Waals surface area contributed by atoms with E-state index < -0.39 is 23.3 Å². The third-order valence-corrected chi connectivity index (χ3v) is 13.7. The minimum absolute atomic E-state index is 0.0149. The summed E-state index contributed by atoms with van der Waals surface area (Å²) in [6.07, 6.45) is -0.205. The van der Waals surface area contributed by atoms with Crippen LogP contribution in [0.4, 0.5) is 5.69 Å². The SMILES string of the molecule is CC(=O)c1c(Cl)cc(Cl)nc1Cl.CC(=O)c1c(N(C)CC(=O)OC(C)(C)C)cc(Cl)nc1Cl.CC(O)c1c(Cl)cc(Cl)nc1Cl.Cc1c(C(=O)OC(C)(C)C)n(C)c2cc(Cl)nc(Cl)c12.Clc1cc(Cl)nc(Cl)c1.O=Cc1c(Cl)cc(Cl)nc1Cl. The Morgan fingerprint density at radius 3 is 1.41 bits per heavy atom. The molecule has 0 saturated carbocycles. The van der Waals surface area contributed by atoms with E-state index in [-0.39, 0.29) is 97.2 Å². The van der Waals surface area contributed by atoms with Crippen LogP contribution in [-0.2, 0) is 21.3 Å². The Kier molecular flexibility index (Phi) is 31.8. The Bertz CT molecular complexity index is 3480. The second-order valence-corrected chi connectivity index (χ2v) is 25.1. The molecule has 16 nitrogen and oxygen atoms in total. The van der Waals surface area contributed by atoms with Crippen molar-refractivity contribution >= 4 is 232 Å². The first-order chi connectivity index (χ1) is 39.0. The van der Waals surface area contributed by atoms with Crippen molar-refractivity contribution < 1.29 is 38.6 Å². The molecule has 7 aromatic rings. The van der Waals surface area contributed by atoms with Crippen molar-refractivity contribution in [3.05, 3.63) is 158 Å². The molecule has 460 valence electrons. The quantitative estimate of drug-likeness (QED) is 0.0649. The molecular formula is C53H48Cl16N8O8. The first-order valence-corrected chi connectivity index (χ1v) is 29.6. The molecule has 7 rings (SSSR count). The molecule has 32 heteroatoms. The van der Waals surface area contributed by atoms with Gasteiger partial charge in [0.05, 0.1) is 49.1 Å². The summed E-state index contributed by atoms with van der Waals surface area (Å²) in [7, 11) is 3.43. The van der Waals surface area contributed by atoms with E-state index in [4.69, 9.17) is 195 Å². The number of hydrogen-bond donors (Lipinski definition) is 1. The van der Waals surface area contributed by atoms with Gasteiger partial charge in [-0.1, -0.05) is 186 Å². The number of nitrogens with zero attached hydrogens (tertiary/aromatic N) is 8. The number of likely N-dealkylation sites (N-methyl/N-ethyl adjacent to an activating group) is 1. The minimum Gasteiger partial charge on any atom is -0.459 e. The number of aldehydes is 1. The van der Waals surface area contributed by atoms with Gasteiger partial charge in [-0.2, -0.15) is 0 Å². The lowest BCUT2D eigenvalue weighted by Gasteiger charge is -2.25. The topological polar surface area (TPSA) is 210 Å². The molecule has 1 unspecified atom stereocenters. The Morgan fingerprint density at radius 2 is 0.988 bits per heavy atom. The van der Waals surface area contributed by atoms with Crippen LogP contribution >= 0.6 is 186 Å². The highest BCUT2D eigenvalue weighted by atomic mass is 35.5. The predicted octanol–water partition coefficient (Wildman–Crippen LogP) is 19.7. The van der Waals surface area contributed by atoms with Crippen LogP contribution in [0.5, 0.6) is 0 Å². The zero-order chi connectivity index (χ0) is 65.5. The zero-order valence-electron chi connectivity index (χ0n) is 46.3. The van der Waals surface area contributed by atoms with Crippen molar-refractivity contribution in [2.24, 2.45) is 7.05 Å². The van der Waals surface area contributed by atoms with Crippen LogP contribution in [0, 0.1) is 6.92 Å². The van der Waals surface area contributed by atoms with E-state index in [0.717, 1.165) is 16.5 Å². The summed E-state index contributed by atoms with van der Waals surface area (Å²) in [4.78, 5) is 81.3. The maximum absolute atomic E-state index is 12.3. The summed E-state index contributed by atoms with van der Waals surface area (Å²) in [5, 5.41) is 13.4. The number of Topliss-reactive ketones (excluding diaryl/α,β-unsaturated/α-hetero) is 2. The van der Waals surface area contributed by atoms with Crippen molar-refractivity contribution in [2.75, 3.05) is 18.5 Å². The van der Waals surface area contributed by atoms with Crippen LogP contribution < -0.4 is 4.90 Å². The van der Waals surface area contributed by atoms with E-state index >= 15 is 0 Å². The number of aliphatic hydroxyl groups is 1. The second-order valence-electron chi connectivity index (χ2n) is 18.9. The molecule has 0 amide bonds. The molecule has 0 aliphatic heterocycles. The van der Waals surface area contributed by atoms with Crippen LogP contribution in [0.15, 0.2) is 42.5 Å². The molecule has 7 heterocycles. The average molecular weight is 1490 g/mol. The number of esters is 2. The van der Waals surface area contributed by atoms with Crippen molar-refractivity contribution in [1.29, 1.82) is 0 Å². The van der Waals surface area contributed by atoms with Gasteiger partial charge in [-0.25, -0.2) is 34.7 Å². The number of ether oxygens (including phenoxy) is 2. The molecule has 85 heavy (non-hydrogen) atoms. The Hall–Kier alpha value is -3.21. The number of anilines is 1. The largest absolute Gasteiger partial charge is 0.459 e. The number of carbonyl (C=O) groups is 5. The Labute approximate surface area is 569 Å². The van der Waals surface area contributed by atoms with E-state index in [2.05, 4.69) is 29.9 Å². The number of ketones is 2. The number of aromatic nitrogens is 7. The molecule has 0 bridgehead atoms. The van der Waals surface area contributed by atoms with Gasteiger partial charge < -0.3 is 24.0 Å². The fourth-order valence-corrected chi connectivity index (χ4v) is 11.3. The summed E-state index contributed by atoms with van der Waals surface area (Å²) in [5.74, 6) is -1.28. The van der Waals surface area contributed by atoms with Gasteiger partial charge in [-0.15, -0.1) is 0 Å². The second kappa shape index (κ2) is 34.7. The van der Waals surface area contributed by atoms with Gasteiger partial charge in [-0.05, 0) is 117 Å². The average Bonchev–Trinajstić information content (AvgIpc) is 1.87. The zero-order valence-corrected chi connectivity index (χ0v) is 58.4. The normalized spacial score (nSPS) is 11.1. The maximum Gasteiger partial charge on any atom is 0.355 e. The molecule has 0 aromatic carbocycles. The van der Waals surface area contributed by atoms with Crippen LogP contribution in [-0.4, -0.2) is 94.2 Å². The summed E-state index contributed by atoms with van der Waals surface area (Å²) in [6, 6.07) is 10.4. The van der Waals surface area contributed by atoms with Crippen molar-refractivity contribution in [3.8, 4) is 0 Å². The number of pyridine rings is 6. The van der Waals surface area contributed by atoms with Gasteiger partial charge in [0.25, 0.3) is 0 Å². The first-order valence-electron chi connectivity index (χ1n) is 23.5. The standard InChI is InChI=1S/C14H18Cl2N2O3.C14H16Cl2N2O2.C7H6Cl3NO.C7H4Cl3NO.C6H2Cl3NO.C5H2Cl3N/c1-8(19)12-9(6-10(15)17-13(12)16)18(5)7-11(20)21-14(2,3)4;1-7-10-8(6-9(15)17-12(10)16)18(5)11(7)13(19)20-14(2,3)4;2*1-3(12)6-4(8)2-5(9)11-7(6)10;7-4-1-5(8)10-6(9)3(4)2-11;6-3-1-4(7)9-5(8)2-3/h6H,7H2,1-5H3;6H,1-5H3;2-3,12H,1H3;2H,1H3;1-2H;1-2H. The van der Waals surface area contributed by atoms with E-state index in [1.54, 1.807) is 57.3 Å². The van der Waals surface area contributed by atoms with E-state index in [1.807, 2.05) is 27.7 Å². The highest BCUT2D eigenvalue weighted by Gasteiger charge is 2.27. The van der Waals surface area contributed by atoms with E-state index in [9.17, 15) is 29.1 Å². The van der Waals surface area contributed by atoms with Gasteiger partial charge in [-0.3, -0.25) is 19.2 Å². The molecule has 1 N–H and O–H groups in total. The molecule has 0 saturated heterocycles. The minimum atomic E-state index is -0.741. The highest BCUT2D eigenvalue weighted by Crippen LogP contribution is 2.35. The monoisotopic (exact) mass is 1480 g/mol. The van der Waals surface area contributed by atoms with Gasteiger partial charge in [0, 0.05) is 30.1 Å². The summed E-state index contributed by atoms with van der Waals surface area (Å²) < 4.78 is 12.4. The van der Waals surface area contributed by atoms with Crippen LogP contribution in [0.1, 0.15) is 121 Å². The Balaban J connectivity index is 0.000000357. The number of rotatable bonds is 8. The number of hydrogen-bond acceptors (Lipinski definition) is 15. The lowest BCUT2D eigenvalue weighted by molar-refractivity contribution is -0.152. The van der Waals surface area contributed by atoms with Crippen molar-refractivity contribution in [1.82, 2.24) is 34.5 Å². The van der Waals surface area contributed by atoms with Gasteiger partial charge in [0.15, 0.2) is 17.9 Å². The van der Waals surface area contributed by atoms with Crippen molar-refractivity contribution in [2.45, 2.75) is 86.5 Å². The molecule has 0 fully saturated rings. The van der Waals surface area contributed by atoms with Crippen LogP contribution in [0.2, 0.25) is 81.9 Å². The lowest BCUT2D eigenvalue weighted by Crippen LogP contribution is -2.33. The first kappa shape index (κ1) is 77.9. The number of carbonyl (C=O) groups excluding carboxylic acids is 5. The number of fused-ring (bicyclic) bond motifs is 1. The molecule has 0 spiro atoms. The van der Waals surface area contributed by atoms with Crippen LogP contribution in [0.25, 0.3) is 10.9 Å². The van der Waals surface area contributed by atoms with Gasteiger partial charge >= 0.3 is 11.9 Å². The van der Waals surface area contributed by atoms with Crippen LogP contribution in [0.3, 0.4) is 0 Å². The smallest absolute Gasteiger partial charge is 0.355 e. The molecule has 1 atom stereocenters. The number of halogens is 16. The molecule has 0 aliphatic carbocycles. The number of aliphatic hydroxyl groups excluding tert-OH is 1. The Morgan fingerprint density at radius 1 is 0.576 bits per heavy atom. The summed E-state index contributed by atoms with van der Waals surface area (Å²) in [6.45, 7) is 16.9. The third-order valence-electron chi connectivity index (χ3n) is 9.79. The lowest BCUT2D eigenvalue weighted by atomic mass is 10.1. The maximum atomic E-state index is 12.3.